The molecule has 2 rings (SSSR count). The van der Waals surface area contributed by atoms with Crippen LogP contribution >= 0.6 is 12.4 Å². The largest absolute Gasteiger partial charge is 0.416 e. The van der Waals surface area contributed by atoms with Gasteiger partial charge in [-0.2, -0.15) is 13.2 Å². The minimum absolute atomic E-state index is 0. The first-order valence-corrected chi connectivity index (χ1v) is 5.48. The van der Waals surface area contributed by atoms with E-state index in [-0.39, 0.29) is 18.4 Å². The number of hydrogen-bond donors (Lipinski definition) is 1. The Labute approximate surface area is 105 Å². The van der Waals surface area contributed by atoms with Crippen LogP contribution in [-0.2, 0) is 6.18 Å². The molecule has 0 aromatic heterocycles. The maximum atomic E-state index is 12.5. The average Bonchev–Trinajstić information content (AvgIpc) is 2.29. The molecule has 1 aromatic rings. The van der Waals surface area contributed by atoms with Crippen molar-refractivity contribution in [2.75, 3.05) is 6.54 Å². The summed E-state index contributed by atoms with van der Waals surface area (Å²) in [5.74, 6) is 0. The van der Waals surface area contributed by atoms with Gasteiger partial charge in [-0.1, -0.05) is 18.6 Å². The van der Waals surface area contributed by atoms with Gasteiger partial charge in [-0.05, 0) is 37.1 Å². The summed E-state index contributed by atoms with van der Waals surface area (Å²) in [4.78, 5) is 0. The third-order valence-electron chi connectivity index (χ3n) is 2.93. The van der Waals surface area contributed by atoms with Gasteiger partial charge in [0, 0.05) is 6.04 Å². The molecule has 96 valence electrons. The van der Waals surface area contributed by atoms with E-state index in [1.807, 2.05) is 0 Å². The van der Waals surface area contributed by atoms with Crippen LogP contribution in [0, 0.1) is 0 Å². The van der Waals surface area contributed by atoms with Gasteiger partial charge in [0.15, 0.2) is 0 Å². The Bertz CT molecular complexity index is 359. The molecule has 0 unspecified atom stereocenters. The lowest BCUT2D eigenvalue weighted by atomic mass is 9.96. The highest BCUT2D eigenvalue weighted by molar-refractivity contribution is 5.85. The van der Waals surface area contributed by atoms with Crippen LogP contribution in [0.25, 0.3) is 0 Å². The summed E-state index contributed by atoms with van der Waals surface area (Å²) in [5.41, 5.74) is 0.187. The zero-order chi connectivity index (χ0) is 11.6. The van der Waals surface area contributed by atoms with Crippen molar-refractivity contribution in [2.24, 2.45) is 0 Å². The maximum Gasteiger partial charge on any atom is 0.416 e. The lowest BCUT2D eigenvalue weighted by Crippen LogP contribution is -2.27. The van der Waals surface area contributed by atoms with Gasteiger partial charge in [0.1, 0.15) is 0 Å². The Morgan fingerprint density at radius 1 is 1.18 bits per heavy atom. The molecule has 1 saturated heterocycles. The first-order valence-electron chi connectivity index (χ1n) is 5.48. The molecule has 0 radical (unpaired) electrons. The highest BCUT2D eigenvalue weighted by Crippen LogP contribution is 2.32. The predicted octanol–water partition coefficient (Wildman–Crippen LogP) is 3.94. The molecule has 0 spiro atoms. The summed E-state index contributed by atoms with van der Waals surface area (Å²) in [7, 11) is 0. The van der Waals surface area contributed by atoms with E-state index in [0.717, 1.165) is 37.4 Å². The van der Waals surface area contributed by atoms with Crippen molar-refractivity contribution in [1.29, 1.82) is 0 Å². The Hall–Kier alpha value is -0.740. The standard InChI is InChI=1S/C12H14F3N.ClH/c13-12(14,15)10-5-3-4-9(8-10)11-6-1-2-7-16-11;/h3-5,8,11,16H,1-2,6-7H2;1H/t11-;/m1./s1. The monoisotopic (exact) mass is 265 g/mol. The van der Waals surface area contributed by atoms with Gasteiger partial charge in [-0.15, -0.1) is 12.4 Å². The summed E-state index contributed by atoms with van der Waals surface area (Å²) in [6.45, 7) is 0.890. The van der Waals surface area contributed by atoms with Crippen LogP contribution in [0.2, 0.25) is 0 Å². The van der Waals surface area contributed by atoms with Crippen LogP contribution in [0.4, 0.5) is 13.2 Å². The molecule has 0 aliphatic carbocycles. The van der Waals surface area contributed by atoms with E-state index in [1.54, 1.807) is 6.07 Å². The lowest BCUT2D eigenvalue weighted by Gasteiger charge is -2.24. The summed E-state index contributed by atoms with van der Waals surface area (Å²) >= 11 is 0. The first-order chi connectivity index (χ1) is 7.57. The minimum Gasteiger partial charge on any atom is -0.310 e. The molecule has 1 heterocycles. The van der Waals surface area contributed by atoms with Crippen molar-refractivity contribution in [3.8, 4) is 0 Å². The van der Waals surface area contributed by atoms with Crippen molar-refractivity contribution in [3.05, 3.63) is 35.4 Å². The van der Waals surface area contributed by atoms with Gasteiger partial charge in [-0.3, -0.25) is 0 Å². The van der Waals surface area contributed by atoms with Crippen LogP contribution in [-0.4, -0.2) is 6.54 Å². The second-order valence-electron chi connectivity index (χ2n) is 4.13. The molecule has 1 aliphatic heterocycles. The zero-order valence-corrected chi connectivity index (χ0v) is 10.1. The molecule has 1 nitrogen and oxygen atoms in total. The van der Waals surface area contributed by atoms with E-state index >= 15 is 0 Å². The molecule has 1 aliphatic rings. The second kappa shape index (κ2) is 5.74. The Morgan fingerprint density at radius 2 is 1.94 bits per heavy atom. The molecule has 1 atom stereocenters. The van der Waals surface area contributed by atoms with Gasteiger partial charge < -0.3 is 5.32 Å². The number of rotatable bonds is 1. The molecule has 0 amide bonds. The summed E-state index contributed by atoms with van der Waals surface area (Å²) < 4.78 is 37.5. The Balaban J connectivity index is 0.00000144. The normalized spacial score (nSPS) is 20.8. The van der Waals surface area contributed by atoms with Crippen LogP contribution in [0.1, 0.15) is 36.4 Å². The fraction of sp³-hybridized carbons (Fsp3) is 0.500. The molecule has 1 fully saturated rings. The minimum atomic E-state index is -4.25. The average molecular weight is 266 g/mol. The number of piperidine rings is 1. The van der Waals surface area contributed by atoms with Crippen LogP contribution < -0.4 is 5.32 Å². The van der Waals surface area contributed by atoms with Crippen molar-refractivity contribution >= 4 is 12.4 Å². The Morgan fingerprint density at radius 3 is 2.53 bits per heavy atom. The van der Waals surface area contributed by atoms with Crippen molar-refractivity contribution in [1.82, 2.24) is 5.32 Å². The van der Waals surface area contributed by atoms with Crippen molar-refractivity contribution < 1.29 is 13.2 Å². The fourth-order valence-corrected chi connectivity index (χ4v) is 2.07. The van der Waals surface area contributed by atoms with Crippen LogP contribution in [0.3, 0.4) is 0 Å². The molecular weight excluding hydrogens is 251 g/mol. The van der Waals surface area contributed by atoms with Gasteiger partial charge >= 0.3 is 6.18 Å². The van der Waals surface area contributed by atoms with Gasteiger partial charge in [0.25, 0.3) is 0 Å². The first kappa shape index (κ1) is 14.3. The maximum absolute atomic E-state index is 12.5. The Kier molecular flexibility index (Phi) is 4.83. The van der Waals surface area contributed by atoms with E-state index in [1.165, 1.54) is 12.1 Å². The molecule has 1 aromatic carbocycles. The SMILES string of the molecule is Cl.FC(F)(F)c1cccc([C@H]2CCCCN2)c1. The van der Waals surface area contributed by atoms with E-state index in [9.17, 15) is 13.2 Å². The number of halogens is 4. The lowest BCUT2D eigenvalue weighted by molar-refractivity contribution is -0.137. The van der Waals surface area contributed by atoms with Crippen LogP contribution in [0.15, 0.2) is 24.3 Å². The van der Waals surface area contributed by atoms with Gasteiger partial charge in [0.2, 0.25) is 0 Å². The summed E-state index contributed by atoms with van der Waals surface area (Å²) in [6.07, 6.45) is -1.14. The number of benzene rings is 1. The number of alkyl halides is 3. The zero-order valence-electron chi connectivity index (χ0n) is 9.26. The molecule has 0 bridgehead atoms. The second-order valence-corrected chi connectivity index (χ2v) is 4.13. The molecule has 1 N–H and O–H groups in total. The highest BCUT2D eigenvalue weighted by Gasteiger charge is 2.31. The summed E-state index contributed by atoms with van der Waals surface area (Å²) in [5, 5.41) is 3.25. The van der Waals surface area contributed by atoms with Crippen molar-refractivity contribution in [3.63, 3.8) is 0 Å². The molecule has 17 heavy (non-hydrogen) atoms. The molecule has 0 saturated carbocycles. The topological polar surface area (TPSA) is 12.0 Å². The summed E-state index contributed by atoms with van der Waals surface area (Å²) in [6, 6.07) is 5.69. The highest BCUT2D eigenvalue weighted by atomic mass is 35.5. The van der Waals surface area contributed by atoms with E-state index in [4.69, 9.17) is 0 Å². The predicted molar refractivity (Wildman–Crippen MR) is 63.3 cm³/mol. The third-order valence-corrected chi connectivity index (χ3v) is 2.93. The smallest absolute Gasteiger partial charge is 0.310 e. The van der Waals surface area contributed by atoms with E-state index < -0.39 is 11.7 Å². The number of hydrogen-bond acceptors (Lipinski definition) is 1. The van der Waals surface area contributed by atoms with Gasteiger partial charge in [-0.25, -0.2) is 0 Å². The molecule has 5 heteroatoms. The van der Waals surface area contributed by atoms with Gasteiger partial charge in [0.05, 0.1) is 5.56 Å². The fourth-order valence-electron chi connectivity index (χ4n) is 2.07. The third kappa shape index (κ3) is 3.61. The molecular formula is C12H15ClF3N. The quantitative estimate of drug-likeness (QED) is 0.811. The van der Waals surface area contributed by atoms with Crippen LogP contribution in [0.5, 0.6) is 0 Å². The number of nitrogens with one attached hydrogen (secondary N) is 1. The van der Waals surface area contributed by atoms with Crippen molar-refractivity contribution in [2.45, 2.75) is 31.5 Å². The van der Waals surface area contributed by atoms with E-state index in [0.29, 0.717) is 0 Å². The van der Waals surface area contributed by atoms with E-state index in [2.05, 4.69) is 5.32 Å².